The highest BCUT2D eigenvalue weighted by atomic mass is 32.2. The van der Waals surface area contributed by atoms with Gasteiger partial charge in [-0.3, -0.25) is 0 Å². The van der Waals surface area contributed by atoms with Crippen molar-refractivity contribution in [2.75, 3.05) is 12.0 Å². The van der Waals surface area contributed by atoms with Gasteiger partial charge in [-0.05, 0) is 26.2 Å². The van der Waals surface area contributed by atoms with Crippen molar-refractivity contribution in [1.82, 2.24) is 14.9 Å². The summed E-state index contributed by atoms with van der Waals surface area (Å²) in [6.07, 6.45) is 10.3. The lowest BCUT2D eigenvalue weighted by atomic mass is 10.1. The zero-order valence-corrected chi connectivity index (χ0v) is 11.7. The largest absolute Gasteiger partial charge is 0.333 e. The van der Waals surface area contributed by atoms with Crippen LogP contribution in [0.4, 0.5) is 0 Å². The summed E-state index contributed by atoms with van der Waals surface area (Å²) >= 11 is 0. The Hall–Kier alpha value is -0.880. The Bertz CT molecular complexity index is 470. The molecule has 0 spiro atoms. The van der Waals surface area contributed by atoms with E-state index in [0.29, 0.717) is 12.1 Å². The Morgan fingerprint density at radius 2 is 2.28 bits per heavy atom. The Balaban J connectivity index is 1.96. The molecule has 18 heavy (non-hydrogen) atoms. The van der Waals surface area contributed by atoms with Gasteiger partial charge in [0.15, 0.2) is 0 Å². The average molecular weight is 271 g/mol. The van der Waals surface area contributed by atoms with E-state index in [1.54, 1.807) is 6.20 Å². The first-order valence-electron chi connectivity index (χ1n) is 6.37. The monoisotopic (exact) mass is 271 g/mol. The molecule has 1 heterocycles. The van der Waals surface area contributed by atoms with Crippen LogP contribution in [-0.2, 0) is 9.84 Å². The lowest BCUT2D eigenvalue weighted by molar-refractivity contribution is 0.368. The quantitative estimate of drug-likeness (QED) is 0.868. The van der Waals surface area contributed by atoms with E-state index in [4.69, 9.17) is 0 Å². The topological polar surface area (TPSA) is 64.0 Å². The minimum atomic E-state index is -2.92. The molecule has 5 nitrogen and oxygen atoms in total. The number of hydrogen-bond donors (Lipinski definition) is 1. The van der Waals surface area contributed by atoms with E-state index in [1.165, 1.54) is 12.7 Å². The van der Waals surface area contributed by atoms with Gasteiger partial charge in [0.2, 0.25) is 0 Å². The second-order valence-electron chi connectivity index (χ2n) is 5.27. The normalized spacial score (nSPS) is 26.3. The van der Waals surface area contributed by atoms with Crippen LogP contribution in [0.3, 0.4) is 0 Å². The van der Waals surface area contributed by atoms with Gasteiger partial charge in [0, 0.05) is 36.8 Å². The minimum Gasteiger partial charge on any atom is -0.333 e. The highest BCUT2D eigenvalue weighted by Crippen LogP contribution is 2.30. The van der Waals surface area contributed by atoms with Crippen LogP contribution < -0.4 is 5.32 Å². The maximum atomic E-state index is 11.3. The standard InChI is InChI=1S/C12H21N3O2S/c1-10(8-18(2,16)17)14-11-4-3-5-12(11)15-7-6-13-9-15/h6-7,9-12,14H,3-5,8H2,1-2H3. The molecule has 1 aliphatic rings. The van der Waals surface area contributed by atoms with Crippen LogP contribution >= 0.6 is 0 Å². The Kier molecular flexibility index (Phi) is 4.07. The Morgan fingerprint density at radius 3 is 2.89 bits per heavy atom. The van der Waals surface area contributed by atoms with Crippen molar-refractivity contribution in [3.63, 3.8) is 0 Å². The van der Waals surface area contributed by atoms with Crippen LogP contribution in [0, 0.1) is 0 Å². The zero-order chi connectivity index (χ0) is 13.2. The summed E-state index contributed by atoms with van der Waals surface area (Å²) in [4.78, 5) is 4.08. The molecule has 1 aromatic rings. The predicted octanol–water partition coefficient (Wildman–Crippen LogP) is 0.999. The van der Waals surface area contributed by atoms with Gasteiger partial charge in [0.1, 0.15) is 9.84 Å². The molecule has 1 aromatic heterocycles. The molecule has 0 aliphatic heterocycles. The summed E-state index contributed by atoms with van der Waals surface area (Å²) in [7, 11) is -2.92. The van der Waals surface area contributed by atoms with Gasteiger partial charge in [0.25, 0.3) is 0 Å². The van der Waals surface area contributed by atoms with Gasteiger partial charge in [-0.15, -0.1) is 0 Å². The lowest BCUT2D eigenvalue weighted by Gasteiger charge is -2.25. The van der Waals surface area contributed by atoms with Crippen molar-refractivity contribution in [3.05, 3.63) is 18.7 Å². The van der Waals surface area contributed by atoms with E-state index in [-0.39, 0.29) is 11.8 Å². The molecule has 3 atom stereocenters. The Labute approximate surface area is 109 Å². The lowest BCUT2D eigenvalue weighted by Crippen LogP contribution is -2.42. The number of aromatic nitrogens is 2. The van der Waals surface area contributed by atoms with E-state index < -0.39 is 9.84 Å². The smallest absolute Gasteiger partial charge is 0.148 e. The molecular weight excluding hydrogens is 250 g/mol. The van der Waals surface area contributed by atoms with Crippen molar-refractivity contribution >= 4 is 9.84 Å². The minimum absolute atomic E-state index is 0.00544. The van der Waals surface area contributed by atoms with Gasteiger partial charge in [-0.1, -0.05) is 0 Å². The van der Waals surface area contributed by atoms with Crippen LogP contribution in [0.25, 0.3) is 0 Å². The molecule has 1 saturated carbocycles. The van der Waals surface area contributed by atoms with E-state index >= 15 is 0 Å². The number of imidazole rings is 1. The first kappa shape index (κ1) is 13.5. The molecular formula is C12H21N3O2S. The second kappa shape index (κ2) is 5.40. The molecule has 3 unspecified atom stereocenters. The summed E-state index contributed by atoms with van der Waals surface area (Å²) in [5, 5.41) is 3.45. The zero-order valence-electron chi connectivity index (χ0n) is 10.9. The van der Waals surface area contributed by atoms with Gasteiger partial charge in [-0.25, -0.2) is 13.4 Å². The van der Waals surface area contributed by atoms with Crippen LogP contribution in [-0.4, -0.2) is 42.1 Å². The first-order chi connectivity index (χ1) is 8.46. The van der Waals surface area contributed by atoms with Gasteiger partial charge >= 0.3 is 0 Å². The number of hydrogen-bond acceptors (Lipinski definition) is 4. The second-order valence-corrected chi connectivity index (χ2v) is 7.46. The molecule has 0 radical (unpaired) electrons. The SMILES string of the molecule is CC(CS(C)(=O)=O)NC1CCCC1n1ccnc1. The molecule has 2 rings (SSSR count). The molecule has 1 fully saturated rings. The third-order valence-electron chi connectivity index (χ3n) is 3.44. The molecule has 0 saturated heterocycles. The first-order valence-corrected chi connectivity index (χ1v) is 8.43. The summed E-state index contributed by atoms with van der Waals surface area (Å²) in [6.45, 7) is 1.93. The number of nitrogens with zero attached hydrogens (tertiary/aromatic N) is 2. The number of rotatable bonds is 5. The fourth-order valence-corrected chi connectivity index (χ4v) is 3.83. The van der Waals surface area contributed by atoms with E-state index in [1.807, 2.05) is 19.4 Å². The van der Waals surface area contributed by atoms with Gasteiger partial charge in [0.05, 0.1) is 12.1 Å². The third kappa shape index (κ3) is 3.55. The van der Waals surface area contributed by atoms with Gasteiger partial charge < -0.3 is 9.88 Å². The third-order valence-corrected chi connectivity index (χ3v) is 4.54. The molecule has 1 aliphatic carbocycles. The molecule has 1 N–H and O–H groups in total. The molecule has 6 heteroatoms. The van der Waals surface area contributed by atoms with Crippen molar-refractivity contribution in [2.24, 2.45) is 0 Å². The fourth-order valence-electron chi connectivity index (χ4n) is 2.83. The van der Waals surface area contributed by atoms with Crippen LogP contribution in [0.15, 0.2) is 18.7 Å². The van der Waals surface area contributed by atoms with Gasteiger partial charge in [-0.2, -0.15) is 0 Å². The predicted molar refractivity (Wildman–Crippen MR) is 71.2 cm³/mol. The summed E-state index contributed by atoms with van der Waals surface area (Å²) in [6, 6.07) is 0.736. The van der Waals surface area contributed by atoms with E-state index in [0.717, 1.165) is 12.8 Å². The maximum absolute atomic E-state index is 11.3. The van der Waals surface area contributed by atoms with Crippen LogP contribution in [0.5, 0.6) is 0 Å². The summed E-state index contributed by atoms with van der Waals surface area (Å²) < 4.78 is 24.7. The number of nitrogens with one attached hydrogen (secondary N) is 1. The van der Waals surface area contributed by atoms with Crippen molar-refractivity contribution in [3.8, 4) is 0 Å². The molecule has 0 bridgehead atoms. The van der Waals surface area contributed by atoms with E-state index in [2.05, 4.69) is 14.9 Å². The highest BCUT2D eigenvalue weighted by Gasteiger charge is 2.29. The number of sulfone groups is 1. The summed E-state index contributed by atoms with van der Waals surface area (Å²) in [5.41, 5.74) is 0. The molecule has 0 amide bonds. The van der Waals surface area contributed by atoms with Crippen molar-refractivity contribution in [1.29, 1.82) is 0 Å². The maximum Gasteiger partial charge on any atom is 0.148 e. The molecule has 0 aromatic carbocycles. The molecule has 102 valence electrons. The van der Waals surface area contributed by atoms with Crippen molar-refractivity contribution in [2.45, 2.75) is 44.3 Å². The van der Waals surface area contributed by atoms with Crippen LogP contribution in [0.2, 0.25) is 0 Å². The average Bonchev–Trinajstić information content (AvgIpc) is 2.82. The fraction of sp³-hybridized carbons (Fsp3) is 0.750. The summed E-state index contributed by atoms with van der Waals surface area (Å²) in [5.74, 6) is 0.195. The van der Waals surface area contributed by atoms with Crippen molar-refractivity contribution < 1.29 is 8.42 Å². The highest BCUT2D eigenvalue weighted by molar-refractivity contribution is 7.90. The van der Waals surface area contributed by atoms with E-state index in [9.17, 15) is 8.42 Å². The Morgan fingerprint density at radius 1 is 1.50 bits per heavy atom. The van der Waals surface area contributed by atoms with Crippen LogP contribution in [0.1, 0.15) is 32.2 Å².